The number of rotatable bonds is 4. The van der Waals surface area contributed by atoms with Crippen LogP contribution in [0.25, 0.3) is 0 Å². The fraction of sp³-hybridized carbons (Fsp3) is 0.400. The maximum atomic E-state index is 13.3. The van der Waals surface area contributed by atoms with E-state index >= 15 is 0 Å². The topological polar surface area (TPSA) is 37.4 Å². The second kappa shape index (κ2) is 7.94. The SMILES string of the molecule is CC(C)c1ccc(S(=O)(=O)N2CCCSCC2c2ccccc2)cc1. The fourth-order valence-electron chi connectivity index (χ4n) is 3.14. The van der Waals surface area contributed by atoms with Gasteiger partial charge in [0.05, 0.1) is 10.9 Å². The third kappa shape index (κ3) is 4.10. The van der Waals surface area contributed by atoms with Crippen molar-refractivity contribution in [1.82, 2.24) is 4.31 Å². The van der Waals surface area contributed by atoms with Gasteiger partial charge >= 0.3 is 0 Å². The van der Waals surface area contributed by atoms with Crippen molar-refractivity contribution in [2.24, 2.45) is 0 Å². The van der Waals surface area contributed by atoms with Gasteiger partial charge in [-0.05, 0) is 41.4 Å². The Labute approximate surface area is 155 Å². The van der Waals surface area contributed by atoms with Gasteiger partial charge in [0.2, 0.25) is 10.0 Å². The lowest BCUT2D eigenvalue weighted by atomic mass is 10.0. The van der Waals surface area contributed by atoms with Crippen LogP contribution in [-0.4, -0.2) is 30.8 Å². The lowest BCUT2D eigenvalue weighted by Crippen LogP contribution is -2.36. The van der Waals surface area contributed by atoms with Crippen LogP contribution in [0, 0.1) is 0 Å². The van der Waals surface area contributed by atoms with Gasteiger partial charge in [-0.15, -0.1) is 0 Å². The number of benzene rings is 2. The molecule has 0 aliphatic carbocycles. The summed E-state index contributed by atoms with van der Waals surface area (Å²) in [4.78, 5) is 0.393. The number of thioether (sulfide) groups is 1. The minimum absolute atomic E-state index is 0.108. The van der Waals surface area contributed by atoms with Gasteiger partial charge in [-0.3, -0.25) is 0 Å². The molecule has 2 aromatic carbocycles. The monoisotopic (exact) mass is 375 g/mol. The largest absolute Gasteiger partial charge is 0.243 e. The minimum atomic E-state index is -3.51. The summed E-state index contributed by atoms with van der Waals surface area (Å²) in [6.45, 7) is 4.79. The first-order chi connectivity index (χ1) is 12.0. The quantitative estimate of drug-likeness (QED) is 0.779. The number of hydrogen-bond donors (Lipinski definition) is 0. The van der Waals surface area contributed by atoms with E-state index in [4.69, 9.17) is 0 Å². The maximum absolute atomic E-state index is 13.3. The first-order valence-corrected chi connectivity index (χ1v) is 11.3. The van der Waals surface area contributed by atoms with Gasteiger partial charge in [0, 0.05) is 12.3 Å². The predicted molar refractivity (Wildman–Crippen MR) is 106 cm³/mol. The van der Waals surface area contributed by atoms with E-state index in [1.807, 2.05) is 54.2 Å². The Hall–Kier alpha value is -1.30. The van der Waals surface area contributed by atoms with Crippen LogP contribution in [0.15, 0.2) is 59.5 Å². The molecule has 3 rings (SSSR count). The molecule has 0 spiro atoms. The van der Waals surface area contributed by atoms with Crippen LogP contribution < -0.4 is 0 Å². The highest BCUT2D eigenvalue weighted by Gasteiger charge is 2.33. The van der Waals surface area contributed by atoms with Gasteiger partial charge in [-0.25, -0.2) is 8.42 Å². The molecule has 0 bridgehead atoms. The van der Waals surface area contributed by atoms with Crippen molar-refractivity contribution in [3.63, 3.8) is 0 Å². The van der Waals surface area contributed by atoms with Crippen molar-refractivity contribution in [3.05, 3.63) is 65.7 Å². The molecule has 5 heteroatoms. The van der Waals surface area contributed by atoms with Gasteiger partial charge < -0.3 is 0 Å². The van der Waals surface area contributed by atoms with Gasteiger partial charge in [-0.2, -0.15) is 16.1 Å². The average molecular weight is 376 g/mol. The summed E-state index contributed by atoms with van der Waals surface area (Å²) < 4.78 is 28.3. The maximum Gasteiger partial charge on any atom is 0.243 e. The zero-order chi connectivity index (χ0) is 17.9. The molecule has 1 unspecified atom stereocenters. The first-order valence-electron chi connectivity index (χ1n) is 8.74. The molecule has 0 radical (unpaired) electrons. The van der Waals surface area contributed by atoms with E-state index in [0.29, 0.717) is 17.4 Å². The predicted octanol–water partition coefficient (Wildman–Crippen LogP) is 4.68. The number of sulfonamides is 1. The Morgan fingerprint density at radius 2 is 1.72 bits per heavy atom. The second-order valence-electron chi connectivity index (χ2n) is 6.69. The molecular weight excluding hydrogens is 350 g/mol. The molecule has 3 nitrogen and oxygen atoms in total. The Morgan fingerprint density at radius 3 is 2.36 bits per heavy atom. The van der Waals surface area contributed by atoms with Crippen LogP contribution in [0.5, 0.6) is 0 Å². The Bertz CT molecular complexity index is 786. The fourth-order valence-corrected chi connectivity index (χ4v) is 5.98. The van der Waals surface area contributed by atoms with Crippen LogP contribution in [0.2, 0.25) is 0 Å². The lowest BCUT2D eigenvalue weighted by molar-refractivity contribution is 0.352. The van der Waals surface area contributed by atoms with Gasteiger partial charge in [-0.1, -0.05) is 56.3 Å². The molecule has 0 saturated carbocycles. The zero-order valence-electron chi connectivity index (χ0n) is 14.8. The van der Waals surface area contributed by atoms with Crippen molar-refractivity contribution < 1.29 is 8.42 Å². The highest BCUT2D eigenvalue weighted by molar-refractivity contribution is 7.99. The molecule has 0 N–H and O–H groups in total. The Balaban J connectivity index is 1.97. The summed E-state index contributed by atoms with van der Waals surface area (Å²) in [5, 5.41) is 0. The van der Waals surface area contributed by atoms with E-state index in [1.54, 1.807) is 16.4 Å². The normalized spacial score (nSPS) is 19.7. The van der Waals surface area contributed by atoms with Crippen LogP contribution in [-0.2, 0) is 10.0 Å². The van der Waals surface area contributed by atoms with E-state index < -0.39 is 10.0 Å². The number of nitrogens with zero attached hydrogens (tertiary/aromatic N) is 1. The molecule has 1 atom stereocenters. The van der Waals surface area contributed by atoms with E-state index in [0.717, 1.165) is 29.1 Å². The molecular formula is C20H25NO2S2. The van der Waals surface area contributed by atoms with Crippen molar-refractivity contribution in [2.45, 2.75) is 37.1 Å². The molecule has 1 aliphatic rings. The summed E-state index contributed by atoms with van der Waals surface area (Å²) >= 11 is 1.83. The van der Waals surface area contributed by atoms with Gasteiger partial charge in [0.15, 0.2) is 0 Å². The van der Waals surface area contributed by atoms with Crippen LogP contribution >= 0.6 is 11.8 Å². The molecule has 0 aromatic heterocycles. The van der Waals surface area contributed by atoms with E-state index in [9.17, 15) is 8.42 Å². The van der Waals surface area contributed by atoms with Crippen LogP contribution in [0.3, 0.4) is 0 Å². The van der Waals surface area contributed by atoms with E-state index in [1.165, 1.54) is 0 Å². The lowest BCUT2D eigenvalue weighted by Gasteiger charge is -2.29. The van der Waals surface area contributed by atoms with E-state index in [-0.39, 0.29) is 6.04 Å². The third-order valence-electron chi connectivity index (χ3n) is 4.63. The highest BCUT2D eigenvalue weighted by atomic mass is 32.2. The van der Waals surface area contributed by atoms with Crippen LogP contribution in [0.1, 0.15) is 43.4 Å². The second-order valence-corrected chi connectivity index (χ2v) is 9.73. The zero-order valence-corrected chi connectivity index (χ0v) is 16.4. The smallest absolute Gasteiger partial charge is 0.207 e. The number of hydrogen-bond acceptors (Lipinski definition) is 3. The third-order valence-corrected chi connectivity index (χ3v) is 7.68. The molecule has 1 fully saturated rings. The molecule has 134 valence electrons. The van der Waals surface area contributed by atoms with Crippen molar-refractivity contribution >= 4 is 21.8 Å². The first kappa shape index (κ1) is 18.5. The van der Waals surface area contributed by atoms with Crippen molar-refractivity contribution in [1.29, 1.82) is 0 Å². The van der Waals surface area contributed by atoms with Crippen LogP contribution in [0.4, 0.5) is 0 Å². The van der Waals surface area contributed by atoms with Gasteiger partial charge in [0.25, 0.3) is 0 Å². The summed E-state index contributed by atoms with van der Waals surface area (Å²) in [5.41, 5.74) is 2.23. The average Bonchev–Trinajstić information content (AvgIpc) is 2.89. The minimum Gasteiger partial charge on any atom is -0.207 e. The molecule has 1 saturated heterocycles. The molecule has 25 heavy (non-hydrogen) atoms. The molecule has 1 heterocycles. The van der Waals surface area contributed by atoms with Gasteiger partial charge in [0.1, 0.15) is 0 Å². The summed E-state index contributed by atoms with van der Waals surface area (Å²) in [6, 6.07) is 17.3. The summed E-state index contributed by atoms with van der Waals surface area (Å²) in [7, 11) is -3.51. The van der Waals surface area contributed by atoms with Crippen molar-refractivity contribution in [3.8, 4) is 0 Å². The molecule has 0 amide bonds. The van der Waals surface area contributed by atoms with E-state index in [2.05, 4.69) is 13.8 Å². The summed E-state index contributed by atoms with van der Waals surface area (Å²) in [6.07, 6.45) is 0.886. The summed E-state index contributed by atoms with van der Waals surface area (Å²) in [5.74, 6) is 2.19. The Morgan fingerprint density at radius 1 is 1.04 bits per heavy atom. The molecule has 1 aliphatic heterocycles. The highest BCUT2D eigenvalue weighted by Crippen LogP contribution is 2.33. The van der Waals surface area contributed by atoms with Crippen molar-refractivity contribution in [2.75, 3.05) is 18.1 Å². The standard InChI is InChI=1S/C20H25NO2S2/c1-16(2)17-9-11-19(12-10-17)25(22,23)21-13-6-14-24-15-20(21)18-7-4-3-5-8-18/h3-5,7-12,16,20H,6,13-15H2,1-2H3. The molecule has 2 aromatic rings. The Kier molecular flexibility index (Phi) is 5.87.